The van der Waals surface area contributed by atoms with Crippen LogP contribution in [0.25, 0.3) is 0 Å². The summed E-state index contributed by atoms with van der Waals surface area (Å²) in [5, 5.41) is 17.6. The van der Waals surface area contributed by atoms with Gasteiger partial charge in [0.05, 0.1) is 12.2 Å². The molecule has 0 saturated heterocycles. The molecule has 2 aromatic rings. The second kappa shape index (κ2) is 4.62. The molecule has 1 aliphatic heterocycles. The molecule has 106 valence electrons. The van der Waals surface area contributed by atoms with Crippen LogP contribution >= 0.6 is 0 Å². The first-order valence-electron chi connectivity index (χ1n) is 6.46. The Labute approximate surface area is 114 Å². The molecule has 0 radical (unpaired) electrons. The fourth-order valence-corrected chi connectivity index (χ4v) is 2.57. The number of aryl methyl sites for hydroxylation is 2. The van der Waals surface area contributed by atoms with Crippen LogP contribution in [0.1, 0.15) is 30.4 Å². The fourth-order valence-electron chi connectivity index (χ4n) is 2.57. The lowest BCUT2D eigenvalue weighted by atomic mass is 10.1. The summed E-state index contributed by atoms with van der Waals surface area (Å²) in [6.45, 7) is 0.256. The van der Waals surface area contributed by atoms with E-state index in [9.17, 15) is 14.7 Å². The number of hydrogen-bond donors (Lipinski definition) is 1. The van der Waals surface area contributed by atoms with Gasteiger partial charge < -0.3 is 5.11 Å². The summed E-state index contributed by atoms with van der Waals surface area (Å²) in [4.78, 5) is 23.5. The third-order valence-corrected chi connectivity index (χ3v) is 3.50. The fraction of sp³-hybridized carbons (Fsp3) is 0.500. The summed E-state index contributed by atoms with van der Waals surface area (Å²) >= 11 is 0. The Morgan fingerprint density at radius 1 is 1.50 bits per heavy atom. The Balaban J connectivity index is 1.98. The van der Waals surface area contributed by atoms with Crippen LogP contribution in [0.15, 0.2) is 17.1 Å². The van der Waals surface area contributed by atoms with Crippen molar-refractivity contribution >= 4 is 5.97 Å². The van der Waals surface area contributed by atoms with Gasteiger partial charge in [0.25, 0.3) is 0 Å². The van der Waals surface area contributed by atoms with Gasteiger partial charge >= 0.3 is 11.7 Å². The third-order valence-electron chi connectivity index (χ3n) is 3.50. The van der Waals surface area contributed by atoms with Crippen molar-refractivity contribution in [1.82, 2.24) is 24.1 Å². The van der Waals surface area contributed by atoms with Gasteiger partial charge in [0, 0.05) is 19.7 Å². The Morgan fingerprint density at radius 2 is 2.30 bits per heavy atom. The van der Waals surface area contributed by atoms with Crippen LogP contribution in [-0.4, -0.2) is 35.2 Å². The van der Waals surface area contributed by atoms with Gasteiger partial charge in [-0.1, -0.05) is 0 Å². The van der Waals surface area contributed by atoms with Gasteiger partial charge in [0.1, 0.15) is 11.9 Å². The molecule has 1 aliphatic rings. The van der Waals surface area contributed by atoms with Gasteiger partial charge in [-0.15, -0.1) is 0 Å². The summed E-state index contributed by atoms with van der Waals surface area (Å²) in [7, 11) is 1.80. The monoisotopic (exact) mass is 277 g/mol. The first-order chi connectivity index (χ1) is 9.56. The summed E-state index contributed by atoms with van der Waals surface area (Å²) in [5.74, 6) is -0.435. The molecular formula is C12H15N5O3. The summed E-state index contributed by atoms with van der Waals surface area (Å²) in [6, 6.07) is 1.00. The molecule has 2 aromatic heterocycles. The molecule has 1 atom stereocenters. The highest BCUT2D eigenvalue weighted by Crippen LogP contribution is 2.21. The summed E-state index contributed by atoms with van der Waals surface area (Å²) in [5.41, 5.74) is 0.342. The zero-order chi connectivity index (χ0) is 14.3. The molecule has 0 bridgehead atoms. The summed E-state index contributed by atoms with van der Waals surface area (Å²) in [6.07, 6.45) is 3.62. The quantitative estimate of drug-likeness (QED) is 0.837. The number of hydrogen-bond acceptors (Lipinski definition) is 4. The van der Waals surface area contributed by atoms with Crippen LogP contribution in [0.2, 0.25) is 0 Å². The van der Waals surface area contributed by atoms with E-state index >= 15 is 0 Å². The molecule has 8 nitrogen and oxygen atoms in total. The van der Waals surface area contributed by atoms with Gasteiger partial charge in [-0.3, -0.25) is 9.25 Å². The van der Waals surface area contributed by atoms with Crippen LogP contribution in [0.3, 0.4) is 0 Å². The van der Waals surface area contributed by atoms with Gasteiger partial charge in [0.2, 0.25) is 0 Å². The highest BCUT2D eigenvalue weighted by atomic mass is 16.4. The Hall–Kier alpha value is -2.38. The van der Waals surface area contributed by atoms with Crippen molar-refractivity contribution in [2.75, 3.05) is 0 Å². The van der Waals surface area contributed by atoms with E-state index in [0.717, 1.165) is 12.1 Å². The molecule has 1 N–H and O–H groups in total. The number of aromatic nitrogens is 5. The predicted octanol–water partition coefficient (Wildman–Crippen LogP) is -0.211. The Morgan fingerprint density at radius 3 is 2.95 bits per heavy atom. The van der Waals surface area contributed by atoms with Gasteiger partial charge in [-0.25, -0.2) is 14.3 Å². The predicted molar refractivity (Wildman–Crippen MR) is 68.4 cm³/mol. The lowest BCUT2D eigenvalue weighted by Crippen LogP contribution is -2.34. The molecule has 3 heterocycles. The maximum Gasteiger partial charge on any atom is 0.347 e. The highest BCUT2D eigenvalue weighted by Gasteiger charge is 2.30. The number of nitrogens with zero attached hydrogens (tertiary/aromatic N) is 5. The second-order valence-electron chi connectivity index (χ2n) is 4.95. The van der Waals surface area contributed by atoms with Crippen molar-refractivity contribution < 1.29 is 9.90 Å². The van der Waals surface area contributed by atoms with Gasteiger partial charge in [0.15, 0.2) is 0 Å². The molecule has 0 spiro atoms. The molecule has 0 fully saturated rings. The van der Waals surface area contributed by atoms with E-state index in [0.29, 0.717) is 18.7 Å². The molecule has 8 heteroatoms. The minimum atomic E-state index is -0.981. The minimum Gasteiger partial charge on any atom is -0.480 e. The Kier molecular flexibility index (Phi) is 2.92. The first-order valence-corrected chi connectivity index (χ1v) is 6.46. The second-order valence-corrected chi connectivity index (χ2v) is 4.95. The number of fused-ring (bicyclic) bond motifs is 1. The molecule has 3 rings (SSSR count). The lowest BCUT2D eigenvalue weighted by molar-refractivity contribution is -0.141. The average molecular weight is 277 g/mol. The largest absolute Gasteiger partial charge is 0.480 e. The third kappa shape index (κ3) is 2.02. The Bertz CT molecular complexity index is 711. The molecular weight excluding hydrogens is 262 g/mol. The van der Waals surface area contributed by atoms with E-state index in [2.05, 4.69) is 10.2 Å². The summed E-state index contributed by atoms with van der Waals surface area (Å²) < 4.78 is 4.24. The molecule has 0 aromatic carbocycles. The van der Waals surface area contributed by atoms with E-state index in [1.807, 2.05) is 0 Å². The first kappa shape index (κ1) is 12.6. The van der Waals surface area contributed by atoms with Crippen LogP contribution in [0.4, 0.5) is 0 Å². The number of aliphatic carboxylic acids is 1. The van der Waals surface area contributed by atoms with E-state index in [1.165, 1.54) is 9.25 Å². The van der Waals surface area contributed by atoms with Crippen molar-refractivity contribution in [3.63, 3.8) is 0 Å². The van der Waals surface area contributed by atoms with Crippen LogP contribution in [0.5, 0.6) is 0 Å². The smallest absolute Gasteiger partial charge is 0.347 e. The van der Waals surface area contributed by atoms with Gasteiger partial charge in [-0.05, 0) is 18.9 Å². The number of rotatable bonds is 3. The zero-order valence-electron chi connectivity index (χ0n) is 11.1. The van der Waals surface area contributed by atoms with E-state index in [1.54, 1.807) is 24.0 Å². The van der Waals surface area contributed by atoms with Crippen molar-refractivity contribution in [2.45, 2.75) is 31.8 Å². The molecule has 0 amide bonds. The van der Waals surface area contributed by atoms with Crippen molar-refractivity contribution in [1.29, 1.82) is 0 Å². The van der Waals surface area contributed by atoms with E-state index in [-0.39, 0.29) is 12.2 Å². The molecule has 20 heavy (non-hydrogen) atoms. The normalized spacial score (nSPS) is 17.9. The highest BCUT2D eigenvalue weighted by molar-refractivity contribution is 5.72. The van der Waals surface area contributed by atoms with Crippen LogP contribution in [0, 0.1) is 0 Å². The zero-order valence-corrected chi connectivity index (χ0v) is 11.1. The van der Waals surface area contributed by atoms with E-state index in [4.69, 9.17) is 0 Å². The standard InChI is InChI=1S/C12H15N5O3/c1-15-6-5-8(13-15)7-16-12(20)17-9(11(18)19)3-2-4-10(17)14-16/h5-6,9H,2-4,7H2,1H3,(H,18,19)/t9-/m1/s1. The maximum absolute atomic E-state index is 12.3. The minimum absolute atomic E-state index is 0.256. The lowest BCUT2D eigenvalue weighted by Gasteiger charge is -2.19. The van der Waals surface area contributed by atoms with Crippen molar-refractivity contribution in [3.05, 3.63) is 34.3 Å². The van der Waals surface area contributed by atoms with Crippen LogP contribution < -0.4 is 5.69 Å². The maximum atomic E-state index is 12.3. The topological polar surface area (TPSA) is 94.9 Å². The van der Waals surface area contributed by atoms with Crippen molar-refractivity contribution in [2.24, 2.45) is 7.05 Å². The molecule has 0 saturated carbocycles. The van der Waals surface area contributed by atoms with Gasteiger partial charge in [-0.2, -0.15) is 10.2 Å². The van der Waals surface area contributed by atoms with E-state index < -0.39 is 12.0 Å². The molecule has 0 unspecified atom stereocenters. The van der Waals surface area contributed by atoms with Crippen molar-refractivity contribution in [3.8, 4) is 0 Å². The van der Waals surface area contributed by atoms with Crippen LogP contribution in [-0.2, 0) is 24.8 Å². The number of carboxylic acids is 1. The molecule has 0 aliphatic carbocycles. The number of carboxylic acid groups (broad SMARTS) is 1. The average Bonchev–Trinajstić information content (AvgIpc) is 2.95. The number of carbonyl (C=O) groups is 1. The SMILES string of the molecule is Cn1ccc(Cn2nc3n(c2=O)[C@@H](C(=O)O)CCC3)n1.